The highest BCUT2D eigenvalue weighted by Crippen LogP contribution is 2.29. The average Bonchev–Trinajstić information content (AvgIpc) is 3.23. The lowest BCUT2D eigenvalue weighted by Gasteiger charge is -2.24. The van der Waals surface area contributed by atoms with Crippen LogP contribution in [0.4, 0.5) is 0 Å². The first-order chi connectivity index (χ1) is 11.7. The van der Waals surface area contributed by atoms with Crippen LogP contribution in [0.3, 0.4) is 0 Å². The number of aromatic nitrogens is 3. The molecule has 0 bridgehead atoms. The Kier molecular flexibility index (Phi) is 3.94. The number of hydrogen-bond donors (Lipinski definition) is 1. The molecular formula is C19H22N4O. The number of aromatic amines is 1. The number of benzene rings is 1. The number of rotatable bonds is 4. The molecule has 2 aromatic heterocycles. The minimum atomic E-state index is 0.303. The standard InChI is InChI=1S/C19H22N4O/c1-13(2)19-21-18(24-22-19)12-23-9-7-14(8-10-23)16-11-20-17-6-4-3-5-15(16)17/h3-7,11,13,20H,8-10,12H2,1-2H3. The lowest BCUT2D eigenvalue weighted by Crippen LogP contribution is -2.28. The molecule has 1 N–H and O–H groups in total. The summed E-state index contributed by atoms with van der Waals surface area (Å²) in [4.78, 5) is 10.2. The summed E-state index contributed by atoms with van der Waals surface area (Å²) in [5.41, 5.74) is 3.94. The molecule has 5 heteroatoms. The fourth-order valence-electron chi connectivity index (χ4n) is 3.19. The molecule has 124 valence electrons. The van der Waals surface area contributed by atoms with Crippen molar-refractivity contribution >= 4 is 16.5 Å². The van der Waals surface area contributed by atoms with Gasteiger partial charge < -0.3 is 9.51 Å². The van der Waals surface area contributed by atoms with Crippen molar-refractivity contribution in [2.24, 2.45) is 0 Å². The van der Waals surface area contributed by atoms with Crippen molar-refractivity contribution in [1.82, 2.24) is 20.0 Å². The number of fused-ring (bicyclic) bond motifs is 1. The van der Waals surface area contributed by atoms with Gasteiger partial charge >= 0.3 is 0 Å². The second-order valence-corrected chi connectivity index (χ2v) is 6.66. The van der Waals surface area contributed by atoms with Gasteiger partial charge in [-0.25, -0.2) is 0 Å². The molecule has 24 heavy (non-hydrogen) atoms. The first-order valence-corrected chi connectivity index (χ1v) is 8.51. The fourth-order valence-corrected chi connectivity index (χ4v) is 3.19. The maximum Gasteiger partial charge on any atom is 0.240 e. The van der Waals surface area contributed by atoms with Crippen molar-refractivity contribution in [3.63, 3.8) is 0 Å². The van der Waals surface area contributed by atoms with Gasteiger partial charge in [0.1, 0.15) is 0 Å². The minimum Gasteiger partial charge on any atom is -0.361 e. The lowest BCUT2D eigenvalue weighted by molar-refractivity contribution is 0.245. The smallest absolute Gasteiger partial charge is 0.240 e. The predicted octanol–water partition coefficient (Wildman–Crippen LogP) is 3.96. The normalized spacial score (nSPS) is 16.0. The third kappa shape index (κ3) is 2.87. The Morgan fingerprint density at radius 3 is 2.92 bits per heavy atom. The van der Waals surface area contributed by atoms with Gasteiger partial charge in [0.2, 0.25) is 5.89 Å². The predicted molar refractivity (Wildman–Crippen MR) is 94.6 cm³/mol. The number of nitrogens with zero attached hydrogens (tertiary/aromatic N) is 3. The van der Waals surface area contributed by atoms with Crippen LogP contribution in [-0.2, 0) is 6.54 Å². The SMILES string of the molecule is CC(C)c1noc(CN2CC=C(c3c[nH]c4ccccc34)CC2)n1. The van der Waals surface area contributed by atoms with E-state index in [1.165, 1.54) is 22.0 Å². The van der Waals surface area contributed by atoms with Crippen molar-refractivity contribution in [3.8, 4) is 0 Å². The van der Waals surface area contributed by atoms with Crippen LogP contribution in [0.1, 0.15) is 43.5 Å². The summed E-state index contributed by atoms with van der Waals surface area (Å²) in [6.45, 7) is 6.79. The van der Waals surface area contributed by atoms with Gasteiger partial charge in [-0.3, -0.25) is 4.90 Å². The highest BCUT2D eigenvalue weighted by Gasteiger charge is 2.18. The van der Waals surface area contributed by atoms with E-state index in [9.17, 15) is 0 Å². The monoisotopic (exact) mass is 322 g/mol. The zero-order valence-corrected chi connectivity index (χ0v) is 14.1. The third-order valence-electron chi connectivity index (χ3n) is 4.59. The van der Waals surface area contributed by atoms with Crippen LogP contribution in [0.5, 0.6) is 0 Å². The molecule has 0 aliphatic carbocycles. The van der Waals surface area contributed by atoms with Crippen molar-refractivity contribution in [1.29, 1.82) is 0 Å². The van der Waals surface area contributed by atoms with Gasteiger partial charge in [0, 0.05) is 41.7 Å². The van der Waals surface area contributed by atoms with E-state index in [1.807, 2.05) is 0 Å². The minimum absolute atomic E-state index is 0.303. The summed E-state index contributed by atoms with van der Waals surface area (Å²) in [5.74, 6) is 1.80. The van der Waals surface area contributed by atoms with Crippen molar-refractivity contribution in [3.05, 3.63) is 53.8 Å². The Hall–Kier alpha value is -2.40. The summed E-state index contributed by atoms with van der Waals surface area (Å²) in [7, 11) is 0. The summed E-state index contributed by atoms with van der Waals surface area (Å²) < 4.78 is 5.36. The number of nitrogens with one attached hydrogen (secondary N) is 1. The average molecular weight is 322 g/mol. The van der Waals surface area contributed by atoms with Gasteiger partial charge in [-0.2, -0.15) is 4.98 Å². The topological polar surface area (TPSA) is 58.0 Å². The molecule has 0 saturated carbocycles. The molecule has 1 aliphatic heterocycles. The maximum atomic E-state index is 5.36. The molecule has 0 saturated heterocycles. The highest BCUT2D eigenvalue weighted by molar-refractivity contribution is 5.92. The van der Waals surface area contributed by atoms with E-state index in [0.29, 0.717) is 11.8 Å². The number of hydrogen-bond acceptors (Lipinski definition) is 4. The largest absolute Gasteiger partial charge is 0.361 e. The summed E-state index contributed by atoms with van der Waals surface area (Å²) in [6, 6.07) is 8.46. The third-order valence-corrected chi connectivity index (χ3v) is 4.59. The van der Waals surface area contributed by atoms with Crippen molar-refractivity contribution < 1.29 is 4.52 Å². The Balaban J connectivity index is 1.47. The van der Waals surface area contributed by atoms with E-state index in [0.717, 1.165) is 31.9 Å². The number of H-pyrrole nitrogens is 1. The van der Waals surface area contributed by atoms with Crippen LogP contribution in [0.2, 0.25) is 0 Å². The Morgan fingerprint density at radius 2 is 2.17 bits per heavy atom. The van der Waals surface area contributed by atoms with E-state index in [1.54, 1.807) is 0 Å². The van der Waals surface area contributed by atoms with Crippen molar-refractivity contribution in [2.45, 2.75) is 32.7 Å². The summed E-state index contributed by atoms with van der Waals surface area (Å²) in [6.07, 6.45) is 5.48. The molecule has 5 nitrogen and oxygen atoms in total. The molecule has 0 atom stereocenters. The molecule has 0 radical (unpaired) electrons. The van der Waals surface area contributed by atoms with E-state index in [4.69, 9.17) is 4.52 Å². The highest BCUT2D eigenvalue weighted by atomic mass is 16.5. The second-order valence-electron chi connectivity index (χ2n) is 6.66. The van der Waals surface area contributed by atoms with Gasteiger partial charge in [0.25, 0.3) is 0 Å². The van der Waals surface area contributed by atoms with E-state index in [-0.39, 0.29) is 0 Å². The second kappa shape index (κ2) is 6.24. The molecule has 0 spiro atoms. The molecule has 0 unspecified atom stereocenters. The van der Waals surface area contributed by atoms with Gasteiger partial charge in [-0.1, -0.05) is 43.3 Å². The van der Waals surface area contributed by atoms with Gasteiger partial charge in [0.15, 0.2) is 5.82 Å². The molecule has 1 aliphatic rings. The molecule has 0 amide bonds. The summed E-state index contributed by atoms with van der Waals surface area (Å²) in [5, 5.41) is 5.34. The van der Waals surface area contributed by atoms with Crippen LogP contribution in [0, 0.1) is 0 Å². The van der Waals surface area contributed by atoms with Gasteiger partial charge in [-0.15, -0.1) is 0 Å². The Labute approximate surface area is 141 Å². The molecule has 0 fully saturated rings. The fraction of sp³-hybridized carbons (Fsp3) is 0.368. The molecule has 4 rings (SSSR count). The lowest BCUT2D eigenvalue weighted by atomic mass is 9.99. The zero-order valence-electron chi connectivity index (χ0n) is 14.1. The van der Waals surface area contributed by atoms with Crippen LogP contribution < -0.4 is 0 Å². The Bertz CT molecular complexity index is 874. The summed E-state index contributed by atoms with van der Waals surface area (Å²) >= 11 is 0. The molecule has 1 aromatic carbocycles. The molecular weight excluding hydrogens is 300 g/mol. The van der Waals surface area contributed by atoms with E-state index >= 15 is 0 Å². The van der Waals surface area contributed by atoms with Crippen LogP contribution in [-0.4, -0.2) is 33.1 Å². The first-order valence-electron chi connectivity index (χ1n) is 8.51. The van der Waals surface area contributed by atoms with Crippen LogP contribution in [0.25, 0.3) is 16.5 Å². The quantitative estimate of drug-likeness (QED) is 0.790. The van der Waals surface area contributed by atoms with Crippen molar-refractivity contribution in [2.75, 3.05) is 13.1 Å². The van der Waals surface area contributed by atoms with Crippen LogP contribution >= 0.6 is 0 Å². The van der Waals surface area contributed by atoms with E-state index < -0.39 is 0 Å². The van der Waals surface area contributed by atoms with Gasteiger partial charge in [-0.05, 0) is 18.1 Å². The first kappa shape index (κ1) is 15.1. The molecule has 3 heterocycles. The zero-order chi connectivity index (χ0) is 16.5. The maximum absolute atomic E-state index is 5.36. The van der Waals surface area contributed by atoms with Crippen LogP contribution in [0.15, 0.2) is 41.1 Å². The molecule has 3 aromatic rings. The number of para-hydroxylation sites is 1. The Morgan fingerprint density at radius 1 is 1.29 bits per heavy atom. The van der Waals surface area contributed by atoms with E-state index in [2.05, 4.69) is 70.4 Å². The van der Waals surface area contributed by atoms with Gasteiger partial charge in [0.05, 0.1) is 6.54 Å².